The summed E-state index contributed by atoms with van der Waals surface area (Å²) in [6.07, 6.45) is 1.90. The number of carbonyl (C=O) groups excluding carboxylic acids is 1. The lowest BCUT2D eigenvalue weighted by molar-refractivity contribution is -0.138. The van der Waals surface area contributed by atoms with Crippen LogP contribution in [0.1, 0.15) is 74.4 Å². The highest BCUT2D eigenvalue weighted by Gasteiger charge is 2.35. The molecule has 1 aromatic heterocycles. The molecule has 0 N–H and O–H groups in total. The molecule has 9 heteroatoms. The van der Waals surface area contributed by atoms with Gasteiger partial charge in [0.2, 0.25) is 0 Å². The quantitative estimate of drug-likeness (QED) is 0.182. The average molecular weight is 641 g/mol. The number of hydrogen-bond donors (Lipinski definition) is 0. The molecule has 0 bridgehead atoms. The number of aromatic nitrogens is 1. The van der Waals surface area contributed by atoms with Crippen LogP contribution in [0.3, 0.4) is 0 Å². The highest BCUT2D eigenvalue weighted by Crippen LogP contribution is 2.39. The van der Waals surface area contributed by atoms with E-state index in [1.165, 1.54) is 11.3 Å². The van der Waals surface area contributed by atoms with Gasteiger partial charge in [0, 0.05) is 5.56 Å². The van der Waals surface area contributed by atoms with Gasteiger partial charge in [-0.15, -0.1) is 0 Å². The Morgan fingerprint density at radius 1 is 0.957 bits per heavy atom. The molecular formula is C37H40N2O6S. The van der Waals surface area contributed by atoms with Gasteiger partial charge in [-0.25, -0.2) is 9.79 Å². The van der Waals surface area contributed by atoms with E-state index in [9.17, 15) is 9.59 Å². The first-order valence-corrected chi connectivity index (χ1v) is 16.4. The summed E-state index contributed by atoms with van der Waals surface area (Å²) in [5.41, 5.74) is 4.86. The molecule has 0 radical (unpaired) electrons. The molecule has 2 heterocycles. The van der Waals surface area contributed by atoms with Gasteiger partial charge in [-0.05, 0) is 86.2 Å². The van der Waals surface area contributed by atoms with Crippen LogP contribution in [-0.4, -0.2) is 37.5 Å². The number of ether oxygens (including phenoxy) is 4. The molecule has 240 valence electrons. The first-order chi connectivity index (χ1) is 22.2. The van der Waals surface area contributed by atoms with E-state index in [1.807, 2.05) is 81.4 Å². The van der Waals surface area contributed by atoms with Crippen LogP contribution < -0.4 is 29.1 Å². The fraction of sp³-hybridized carbons (Fsp3) is 0.324. The number of benzene rings is 3. The summed E-state index contributed by atoms with van der Waals surface area (Å²) in [4.78, 5) is 33.7. The number of methoxy groups -OCH3 is 1. The Morgan fingerprint density at radius 3 is 2.33 bits per heavy atom. The van der Waals surface area contributed by atoms with Crippen LogP contribution in [0.25, 0.3) is 11.8 Å². The third-order valence-electron chi connectivity index (χ3n) is 7.78. The second kappa shape index (κ2) is 14.2. The number of aryl methyl sites for hydroxylation is 1. The molecule has 0 spiro atoms. The highest BCUT2D eigenvalue weighted by molar-refractivity contribution is 7.07. The van der Waals surface area contributed by atoms with E-state index in [0.29, 0.717) is 45.3 Å². The third-order valence-corrected chi connectivity index (χ3v) is 8.77. The fourth-order valence-electron chi connectivity index (χ4n) is 5.63. The maximum absolute atomic E-state index is 14.4. The summed E-state index contributed by atoms with van der Waals surface area (Å²) in [6, 6.07) is 18.3. The van der Waals surface area contributed by atoms with Gasteiger partial charge in [0.1, 0.15) is 5.75 Å². The van der Waals surface area contributed by atoms with E-state index in [1.54, 1.807) is 18.6 Å². The minimum absolute atomic E-state index is 0.171. The molecule has 0 saturated carbocycles. The molecule has 1 aliphatic heterocycles. The number of rotatable bonds is 11. The first kappa shape index (κ1) is 32.8. The number of hydrogen-bond acceptors (Lipinski definition) is 8. The maximum Gasteiger partial charge on any atom is 0.338 e. The first-order valence-electron chi connectivity index (χ1n) is 15.6. The molecule has 0 aliphatic carbocycles. The molecule has 1 aliphatic rings. The minimum Gasteiger partial charge on any atom is -0.496 e. The summed E-state index contributed by atoms with van der Waals surface area (Å²) in [5.74, 6) is 1.62. The molecule has 4 aromatic rings. The van der Waals surface area contributed by atoms with Crippen molar-refractivity contribution in [3.8, 4) is 17.2 Å². The SMILES string of the molecule is CCOC(=O)C1=C(c2ccccc2)N=c2sc(=Cc3cc(C(C)C)c(OC)cc3C)c(=O)n2[C@@H]1c1ccc(OCC)c(OCC)c1. The van der Waals surface area contributed by atoms with E-state index in [0.717, 1.165) is 28.0 Å². The fourth-order valence-corrected chi connectivity index (χ4v) is 6.63. The predicted molar refractivity (Wildman–Crippen MR) is 182 cm³/mol. The molecule has 0 amide bonds. The van der Waals surface area contributed by atoms with Crippen LogP contribution in [0.4, 0.5) is 0 Å². The zero-order chi connectivity index (χ0) is 33.0. The second-order valence-electron chi connectivity index (χ2n) is 11.1. The minimum atomic E-state index is -0.828. The Balaban J connectivity index is 1.83. The second-order valence-corrected chi connectivity index (χ2v) is 12.1. The van der Waals surface area contributed by atoms with Gasteiger partial charge in [0.15, 0.2) is 16.3 Å². The van der Waals surface area contributed by atoms with Crippen molar-refractivity contribution in [2.75, 3.05) is 26.9 Å². The Morgan fingerprint density at radius 2 is 1.67 bits per heavy atom. The lowest BCUT2D eigenvalue weighted by Gasteiger charge is -2.26. The normalized spacial score (nSPS) is 14.6. The van der Waals surface area contributed by atoms with Crippen molar-refractivity contribution in [3.63, 3.8) is 0 Å². The van der Waals surface area contributed by atoms with Crippen molar-refractivity contribution in [3.05, 3.63) is 114 Å². The Kier molecular flexibility index (Phi) is 10.1. The van der Waals surface area contributed by atoms with Gasteiger partial charge < -0.3 is 18.9 Å². The standard InChI is InChI=1S/C37H40N2O6S/c1-8-43-28-17-16-25(20-30(28)44-9-2)34-32(36(41)45-10-3)33(24-14-12-11-13-15-24)38-37-39(34)35(40)31(46-37)21-26-19-27(22(4)5)29(42-7)18-23(26)6/h11-22,34H,8-10H2,1-7H3/t34-/m1/s1. The molecule has 46 heavy (non-hydrogen) atoms. The summed E-state index contributed by atoms with van der Waals surface area (Å²) >= 11 is 1.29. The molecule has 1 atom stereocenters. The van der Waals surface area contributed by atoms with Gasteiger partial charge in [-0.3, -0.25) is 9.36 Å². The molecule has 0 fully saturated rings. The van der Waals surface area contributed by atoms with Crippen molar-refractivity contribution in [1.29, 1.82) is 0 Å². The van der Waals surface area contributed by atoms with Crippen molar-refractivity contribution in [2.45, 2.75) is 53.5 Å². The smallest absolute Gasteiger partial charge is 0.338 e. The van der Waals surface area contributed by atoms with Gasteiger partial charge in [0.25, 0.3) is 5.56 Å². The molecule has 3 aromatic carbocycles. The summed E-state index contributed by atoms with van der Waals surface area (Å²) in [6.45, 7) is 12.8. The van der Waals surface area contributed by atoms with Crippen molar-refractivity contribution in [2.24, 2.45) is 4.99 Å². The van der Waals surface area contributed by atoms with Gasteiger partial charge in [-0.1, -0.05) is 61.6 Å². The lowest BCUT2D eigenvalue weighted by atomic mass is 9.93. The van der Waals surface area contributed by atoms with Gasteiger partial charge in [-0.2, -0.15) is 0 Å². The number of thiazole rings is 1. The van der Waals surface area contributed by atoms with E-state index in [4.69, 9.17) is 23.9 Å². The molecular weight excluding hydrogens is 600 g/mol. The monoisotopic (exact) mass is 640 g/mol. The number of fused-ring (bicyclic) bond motifs is 1. The number of nitrogens with zero attached hydrogens (tertiary/aromatic N) is 2. The van der Waals surface area contributed by atoms with E-state index in [-0.39, 0.29) is 23.7 Å². The predicted octanol–water partition coefficient (Wildman–Crippen LogP) is 6.17. The summed E-state index contributed by atoms with van der Waals surface area (Å²) < 4.78 is 25.1. The van der Waals surface area contributed by atoms with Crippen LogP contribution in [0.2, 0.25) is 0 Å². The summed E-state index contributed by atoms with van der Waals surface area (Å²) in [7, 11) is 1.67. The van der Waals surface area contributed by atoms with Crippen molar-refractivity contribution >= 4 is 29.1 Å². The third kappa shape index (κ3) is 6.37. The van der Waals surface area contributed by atoms with Crippen LogP contribution in [0.5, 0.6) is 17.2 Å². The summed E-state index contributed by atoms with van der Waals surface area (Å²) in [5, 5.41) is 0. The van der Waals surface area contributed by atoms with Crippen molar-refractivity contribution < 1.29 is 23.7 Å². The van der Waals surface area contributed by atoms with E-state index < -0.39 is 12.0 Å². The Labute approximate surface area is 273 Å². The van der Waals surface area contributed by atoms with Gasteiger partial charge >= 0.3 is 5.97 Å². The van der Waals surface area contributed by atoms with Crippen LogP contribution in [-0.2, 0) is 9.53 Å². The van der Waals surface area contributed by atoms with Crippen molar-refractivity contribution in [1.82, 2.24) is 4.57 Å². The van der Waals surface area contributed by atoms with Gasteiger partial charge in [0.05, 0.1) is 48.8 Å². The number of carbonyl (C=O) groups is 1. The zero-order valence-corrected chi connectivity index (χ0v) is 28.2. The number of esters is 1. The van der Waals surface area contributed by atoms with Crippen LogP contribution in [0.15, 0.2) is 76.0 Å². The Bertz CT molecular complexity index is 1960. The molecule has 0 saturated heterocycles. The van der Waals surface area contributed by atoms with Crippen LogP contribution in [0, 0.1) is 6.92 Å². The highest BCUT2D eigenvalue weighted by atomic mass is 32.1. The zero-order valence-electron chi connectivity index (χ0n) is 27.4. The molecule has 8 nitrogen and oxygen atoms in total. The lowest BCUT2D eigenvalue weighted by Crippen LogP contribution is -2.40. The molecule has 5 rings (SSSR count). The topological polar surface area (TPSA) is 88.4 Å². The van der Waals surface area contributed by atoms with E-state index >= 15 is 0 Å². The van der Waals surface area contributed by atoms with E-state index in [2.05, 4.69) is 19.9 Å². The largest absolute Gasteiger partial charge is 0.496 e. The Hall–Kier alpha value is -4.63. The average Bonchev–Trinajstić information content (AvgIpc) is 3.36. The maximum atomic E-state index is 14.4. The molecule has 0 unspecified atom stereocenters. The van der Waals surface area contributed by atoms with Crippen LogP contribution >= 0.6 is 11.3 Å².